The summed E-state index contributed by atoms with van der Waals surface area (Å²) in [6.07, 6.45) is 2.38. The molecule has 0 saturated carbocycles. The standard InChI is InChI=1S/C12H21N3O2S/c1-4-10(3)9-15(5-2)18(16,17)12-11(13)7-6-8-14-12/h6-8,10H,4-5,9,13H2,1-3H3. The molecule has 2 N–H and O–H groups in total. The molecule has 6 heteroatoms. The largest absolute Gasteiger partial charge is 0.396 e. The maximum absolute atomic E-state index is 12.4. The van der Waals surface area contributed by atoms with Crippen molar-refractivity contribution in [2.24, 2.45) is 5.92 Å². The summed E-state index contributed by atoms with van der Waals surface area (Å²) in [5, 5.41) is -0.0462. The van der Waals surface area contributed by atoms with Crippen LogP contribution in [0.4, 0.5) is 5.69 Å². The van der Waals surface area contributed by atoms with Gasteiger partial charge in [0.25, 0.3) is 10.0 Å². The monoisotopic (exact) mass is 271 g/mol. The third-order valence-electron chi connectivity index (χ3n) is 2.95. The normalized spacial score (nSPS) is 13.8. The lowest BCUT2D eigenvalue weighted by molar-refractivity contribution is 0.360. The fourth-order valence-electron chi connectivity index (χ4n) is 1.61. The lowest BCUT2D eigenvalue weighted by Crippen LogP contribution is -2.35. The third-order valence-corrected chi connectivity index (χ3v) is 4.87. The van der Waals surface area contributed by atoms with Gasteiger partial charge in [-0.1, -0.05) is 27.2 Å². The average molecular weight is 271 g/mol. The summed E-state index contributed by atoms with van der Waals surface area (Å²) < 4.78 is 26.3. The molecule has 1 atom stereocenters. The van der Waals surface area contributed by atoms with Crippen LogP contribution >= 0.6 is 0 Å². The molecule has 0 aliphatic heterocycles. The highest BCUT2D eigenvalue weighted by atomic mass is 32.2. The zero-order chi connectivity index (χ0) is 13.8. The molecule has 102 valence electrons. The molecule has 0 amide bonds. The first-order chi connectivity index (χ1) is 8.43. The van der Waals surface area contributed by atoms with Crippen LogP contribution in [0.15, 0.2) is 23.4 Å². The SMILES string of the molecule is CCC(C)CN(CC)S(=O)(=O)c1ncccc1N. The number of hydrogen-bond acceptors (Lipinski definition) is 4. The van der Waals surface area contributed by atoms with Crippen molar-refractivity contribution in [2.75, 3.05) is 18.8 Å². The first-order valence-corrected chi connectivity index (χ1v) is 7.58. The van der Waals surface area contributed by atoms with Gasteiger partial charge in [0.15, 0.2) is 5.03 Å². The minimum Gasteiger partial charge on any atom is -0.396 e. The molecule has 0 aliphatic rings. The quantitative estimate of drug-likeness (QED) is 0.854. The van der Waals surface area contributed by atoms with E-state index in [0.29, 0.717) is 19.0 Å². The highest BCUT2D eigenvalue weighted by molar-refractivity contribution is 7.89. The minimum absolute atomic E-state index is 0.0462. The van der Waals surface area contributed by atoms with Gasteiger partial charge in [-0.15, -0.1) is 0 Å². The van der Waals surface area contributed by atoms with Crippen LogP contribution in [0.3, 0.4) is 0 Å². The Balaban J connectivity index is 3.08. The summed E-state index contributed by atoms with van der Waals surface area (Å²) in [4.78, 5) is 3.90. The van der Waals surface area contributed by atoms with Gasteiger partial charge in [0.1, 0.15) is 0 Å². The van der Waals surface area contributed by atoms with Crippen molar-refractivity contribution in [3.63, 3.8) is 0 Å². The second-order valence-corrected chi connectivity index (χ2v) is 6.22. The van der Waals surface area contributed by atoms with Crippen LogP contribution < -0.4 is 5.73 Å². The molecule has 1 unspecified atom stereocenters. The van der Waals surface area contributed by atoms with Crippen molar-refractivity contribution < 1.29 is 8.42 Å². The number of hydrogen-bond donors (Lipinski definition) is 1. The number of aromatic nitrogens is 1. The number of nitrogens with two attached hydrogens (primary N) is 1. The van der Waals surface area contributed by atoms with Gasteiger partial charge in [-0.05, 0) is 18.1 Å². The number of nitrogen functional groups attached to an aromatic ring is 1. The van der Waals surface area contributed by atoms with Gasteiger partial charge in [-0.25, -0.2) is 13.4 Å². The Hall–Kier alpha value is -1.14. The van der Waals surface area contributed by atoms with Crippen LogP contribution in [0.2, 0.25) is 0 Å². The zero-order valence-electron chi connectivity index (χ0n) is 11.1. The van der Waals surface area contributed by atoms with Crippen LogP contribution in [0.1, 0.15) is 27.2 Å². The molecule has 1 aromatic rings. The second kappa shape index (κ2) is 6.15. The van der Waals surface area contributed by atoms with Crippen molar-refractivity contribution in [1.29, 1.82) is 0 Å². The molecule has 0 bridgehead atoms. The topological polar surface area (TPSA) is 76.3 Å². The fraction of sp³-hybridized carbons (Fsp3) is 0.583. The van der Waals surface area contributed by atoms with E-state index in [1.54, 1.807) is 12.1 Å². The van der Waals surface area contributed by atoms with Crippen LogP contribution in [0.25, 0.3) is 0 Å². The van der Waals surface area contributed by atoms with Gasteiger partial charge in [0, 0.05) is 19.3 Å². The molecule has 0 fully saturated rings. The highest BCUT2D eigenvalue weighted by Gasteiger charge is 2.27. The molecule has 0 aliphatic carbocycles. The number of sulfonamides is 1. The number of anilines is 1. The molecule has 1 heterocycles. The van der Waals surface area contributed by atoms with Gasteiger partial charge >= 0.3 is 0 Å². The van der Waals surface area contributed by atoms with Crippen molar-refractivity contribution in [3.05, 3.63) is 18.3 Å². The van der Waals surface area contributed by atoms with E-state index in [9.17, 15) is 8.42 Å². The Morgan fingerprint density at radius 3 is 2.61 bits per heavy atom. The summed E-state index contributed by atoms with van der Waals surface area (Å²) >= 11 is 0. The van der Waals surface area contributed by atoms with E-state index < -0.39 is 10.0 Å². The van der Waals surface area contributed by atoms with Gasteiger partial charge in [-0.3, -0.25) is 0 Å². The van der Waals surface area contributed by atoms with E-state index in [1.807, 2.05) is 20.8 Å². The number of rotatable bonds is 6. The molecule has 0 radical (unpaired) electrons. The lowest BCUT2D eigenvalue weighted by atomic mass is 10.1. The molecular weight excluding hydrogens is 250 g/mol. The Morgan fingerprint density at radius 2 is 2.11 bits per heavy atom. The highest BCUT2D eigenvalue weighted by Crippen LogP contribution is 2.20. The molecular formula is C12H21N3O2S. The van der Waals surface area contributed by atoms with Crippen molar-refractivity contribution in [1.82, 2.24) is 9.29 Å². The predicted molar refractivity (Wildman–Crippen MR) is 72.5 cm³/mol. The Kier molecular flexibility index (Phi) is 5.10. The minimum atomic E-state index is -3.59. The molecule has 0 spiro atoms. The van der Waals surface area contributed by atoms with Gasteiger partial charge in [0.05, 0.1) is 5.69 Å². The maximum atomic E-state index is 12.4. The molecule has 18 heavy (non-hydrogen) atoms. The first kappa shape index (κ1) is 14.9. The predicted octanol–water partition coefficient (Wildman–Crippen LogP) is 1.72. The van der Waals surface area contributed by atoms with E-state index in [1.165, 1.54) is 10.5 Å². The molecule has 0 aromatic carbocycles. The van der Waals surface area contributed by atoms with E-state index in [-0.39, 0.29) is 10.7 Å². The van der Waals surface area contributed by atoms with Gasteiger partial charge < -0.3 is 5.73 Å². The van der Waals surface area contributed by atoms with E-state index >= 15 is 0 Å². The van der Waals surface area contributed by atoms with Gasteiger partial charge in [0.2, 0.25) is 0 Å². The summed E-state index contributed by atoms with van der Waals surface area (Å²) in [5.41, 5.74) is 5.89. The molecule has 0 saturated heterocycles. The van der Waals surface area contributed by atoms with Crippen molar-refractivity contribution in [2.45, 2.75) is 32.2 Å². The summed E-state index contributed by atoms with van der Waals surface area (Å²) in [5.74, 6) is 0.310. The number of pyridine rings is 1. The van der Waals surface area contributed by atoms with Crippen molar-refractivity contribution in [3.8, 4) is 0 Å². The molecule has 1 rings (SSSR count). The van der Waals surface area contributed by atoms with Crippen LogP contribution in [0.5, 0.6) is 0 Å². The third kappa shape index (κ3) is 3.20. The average Bonchev–Trinajstić information content (AvgIpc) is 2.35. The lowest BCUT2D eigenvalue weighted by Gasteiger charge is -2.23. The number of nitrogens with zero attached hydrogens (tertiary/aromatic N) is 2. The Labute approximate surface area is 109 Å². The first-order valence-electron chi connectivity index (χ1n) is 6.14. The second-order valence-electron chi connectivity index (χ2n) is 4.37. The smallest absolute Gasteiger partial charge is 0.262 e. The Morgan fingerprint density at radius 1 is 1.44 bits per heavy atom. The van der Waals surface area contributed by atoms with Crippen LogP contribution in [0, 0.1) is 5.92 Å². The Bertz CT molecular complexity index is 488. The summed E-state index contributed by atoms with van der Waals surface area (Å²) in [7, 11) is -3.59. The van der Waals surface area contributed by atoms with Crippen molar-refractivity contribution >= 4 is 15.7 Å². The maximum Gasteiger partial charge on any atom is 0.262 e. The van der Waals surface area contributed by atoms with E-state index in [4.69, 9.17) is 5.73 Å². The van der Waals surface area contributed by atoms with E-state index in [0.717, 1.165) is 6.42 Å². The fourth-order valence-corrected chi connectivity index (χ4v) is 3.21. The molecule has 5 nitrogen and oxygen atoms in total. The van der Waals surface area contributed by atoms with Crippen LogP contribution in [-0.2, 0) is 10.0 Å². The summed E-state index contributed by atoms with van der Waals surface area (Å²) in [6.45, 7) is 6.80. The zero-order valence-corrected chi connectivity index (χ0v) is 11.9. The van der Waals surface area contributed by atoms with Crippen LogP contribution in [-0.4, -0.2) is 30.8 Å². The van der Waals surface area contributed by atoms with E-state index in [2.05, 4.69) is 4.98 Å². The van der Waals surface area contributed by atoms with Gasteiger partial charge in [-0.2, -0.15) is 4.31 Å². The molecule has 1 aromatic heterocycles. The summed E-state index contributed by atoms with van der Waals surface area (Å²) in [6, 6.07) is 3.18.